The molecule has 0 fully saturated rings. The summed E-state index contributed by atoms with van der Waals surface area (Å²) in [6.07, 6.45) is 0. The lowest BCUT2D eigenvalue weighted by Crippen LogP contribution is -2.16. The predicted octanol–water partition coefficient (Wildman–Crippen LogP) is 2.34. The van der Waals surface area contributed by atoms with Gasteiger partial charge in [-0.15, -0.1) is 0 Å². The number of carboxylic acid groups (broad SMARTS) is 1. The minimum Gasteiger partial charge on any atom is -0.497 e. The number of halogens is 1. The Bertz CT molecular complexity index is 882. The lowest BCUT2D eigenvalue weighted by molar-refractivity contribution is 0.0696. The largest absolute Gasteiger partial charge is 0.497 e. The number of hydrogen-bond donors (Lipinski definition) is 2. The molecule has 9 heteroatoms. The van der Waals surface area contributed by atoms with Crippen LogP contribution >= 0.6 is 0 Å². The average molecular weight is 355 g/mol. The minimum absolute atomic E-state index is 0.0250. The maximum Gasteiger partial charge on any atom is 0.335 e. The van der Waals surface area contributed by atoms with E-state index >= 15 is 0 Å². The van der Waals surface area contributed by atoms with E-state index in [0.717, 1.165) is 18.2 Å². The van der Waals surface area contributed by atoms with Crippen LogP contribution in [0.4, 0.5) is 10.1 Å². The van der Waals surface area contributed by atoms with Crippen molar-refractivity contribution in [3.63, 3.8) is 0 Å². The maximum atomic E-state index is 13.9. The van der Waals surface area contributed by atoms with Gasteiger partial charge < -0.3 is 14.6 Å². The Morgan fingerprint density at radius 3 is 2.42 bits per heavy atom. The summed E-state index contributed by atoms with van der Waals surface area (Å²) in [5, 5.41) is 8.93. The van der Waals surface area contributed by atoms with Crippen LogP contribution in [0.15, 0.2) is 41.3 Å². The van der Waals surface area contributed by atoms with Crippen LogP contribution in [-0.4, -0.2) is 33.7 Å². The summed E-state index contributed by atoms with van der Waals surface area (Å²) in [5.41, 5.74) is -0.327. The quantitative estimate of drug-likeness (QED) is 0.825. The number of benzene rings is 2. The van der Waals surface area contributed by atoms with E-state index in [1.807, 2.05) is 0 Å². The fourth-order valence-electron chi connectivity index (χ4n) is 1.94. The van der Waals surface area contributed by atoms with Crippen LogP contribution in [0.25, 0.3) is 0 Å². The molecule has 7 nitrogen and oxygen atoms in total. The van der Waals surface area contributed by atoms with Gasteiger partial charge in [0.1, 0.15) is 22.2 Å². The van der Waals surface area contributed by atoms with Crippen LogP contribution in [0.3, 0.4) is 0 Å². The molecule has 0 saturated carbocycles. The molecule has 0 radical (unpaired) electrons. The van der Waals surface area contributed by atoms with Gasteiger partial charge in [-0.1, -0.05) is 0 Å². The fraction of sp³-hybridized carbons (Fsp3) is 0.133. The number of sulfonamides is 1. The fourth-order valence-corrected chi connectivity index (χ4v) is 3.10. The van der Waals surface area contributed by atoms with Gasteiger partial charge in [0.25, 0.3) is 10.0 Å². The topological polar surface area (TPSA) is 102 Å². The number of ether oxygens (including phenoxy) is 2. The van der Waals surface area contributed by atoms with Gasteiger partial charge in [0.15, 0.2) is 0 Å². The summed E-state index contributed by atoms with van der Waals surface area (Å²) in [6, 6.07) is 6.88. The zero-order valence-electron chi connectivity index (χ0n) is 12.7. The molecule has 24 heavy (non-hydrogen) atoms. The van der Waals surface area contributed by atoms with Crippen LogP contribution in [0.5, 0.6) is 11.5 Å². The van der Waals surface area contributed by atoms with Gasteiger partial charge in [-0.05, 0) is 30.3 Å². The van der Waals surface area contributed by atoms with Gasteiger partial charge in [-0.25, -0.2) is 17.6 Å². The highest BCUT2D eigenvalue weighted by Crippen LogP contribution is 2.31. The third-order valence-electron chi connectivity index (χ3n) is 3.12. The van der Waals surface area contributed by atoms with Gasteiger partial charge in [-0.2, -0.15) is 0 Å². The molecule has 0 saturated heterocycles. The standard InChI is InChI=1S/C15H14FNO6S/c1-22-10-4-6-13(23-2)12(8-10)17-24(20,21)14-7-9(15(18)19)3-5-11(14)16/h3-8,17H,1-2H3,(H,18,19). The van der Waals surface area contributed by atoms with Crippen LogP contribution in [0.2, 0.25) is 0 Å². The number of anilines is 1. The van der Waals surface area contributed by atoms with Gasteiger partial charge >= 0.3 is 5.97 Å². The SMILES string of the molecule is COc1ccc(OC)c(NS(=O)(=O)c2cc(C(=O)O)ccc2F)c1. The molecule has 128 valence electrons. The highest BCUT2D eigenvalue weighted by Gasteiger charge is 2.23. The Morgan fingerprint density at radius 1 is 1.12 bits per heavy atom. The highest BCUT2D eigenvalue weighted by atomic mass is 32.2. The van der Waals surface area contributed by atoms with Crippen molar-refractivity contribution in [2.45, 2.75) is 4.90 Å². The molecule has 0 atom stereocenters. The molecule has 0 heterocycles. The van der Waals surface area contributed by atoms with E-state index in [1.54, 1.807) is 6.07 Å². The predicted molar refractivity (Wildman–Crippen MR) is 83.7 cm³/mol. The zero-order chi connectivity index (χ0) is 17.9. The Balaban J connectivity index is 2.49. The third kappa shape index (κ3) is 3.57. The average Bonchev–Trinajstić information content (AvgIpc) is 2.54. The number of methoxy groups -OCH3 is 2. The second-order valence-corrected chi connectivity index (χ2v) is 6.27. The maximum absolute atomic E-state index is 13.9. The summed E-state index contributed by atoms with van der Waals surface area (Å²) in [5.74, 6) is -1.90. The van der Waals surface area contributed by atoms with Crippen LogP contribution in [-0.2, 0) is 10.0 Å². The van der Waals surface area contributed by atoms with E-state index in [0.29, 0.717) is 5.75 Å². The molecule has 2 rings (SSSR count). The molecule has 2 N–H and O–H groups in total. The molecule has 2 aromatic carbocycles. The van der Waals surface area contributed by atoms with Gasteiger partial charge in [-0.3, -0.25) is 4.72 Å². The van der Waals surface area contributed by atoms with Crippen molar-refractivity contribution in [1.29, 1.82) is 0 Å². The second-order valence-electron chi connectivity index (χ2n) is 4.62. The number of aromatic carboxylic acids is 1. The summed E-state index contributed by atoms with van der Waals surface area (Å²) in [6.45, 7) is 0. The first-order valence-corrected chi connectivity index (χ1v) is 8.04. The summed E-state index contributed by atoms with van der Waals surface area (Å²) in [4.78, 5) is 10.2. The molecule has 0 amide bonds. The van der Waals surface area contributed by atoms with Crippen molar-refractivity contribution in [2.75, 3.05) is 18.9 Å². The smallest absolute Gasteiger partial charge is 0.335 e. The number of nitrogens with one attached hydrogen (secondary N) is 1. The van der Waals surface area contributed by atoms with E-state index < -0.39 is 26.7 Å². The number of hydrogen-bond acceptors (Lipinski definition) is 5. The first kappa shape index (κ1) is 17.5. The zero-order valence-corrected chi connectivity index (χ0v) is 13.6. The third-order valence-corrected chi connectivity index (χ3v) is 4.50. The van der Waals surface area contributed by atoms with E-state index in [4.69, 9.17) is 14.6 Å². The molecule has 0 aromatic heterocycles. The molecule has 0 aliphatic rings. The second kappa shape index (κ2) is 6.75. The Morgan fingerprint density at radius 2 is 1.83 bits per heavy atom. The van der Waals surface area contributed by atoms with Crippen LogP contribution < -0.4 is 14.2 Å². The molecule has 2 aromatic rings. The van der Waals surface area contributed by atoms with Crippen molar-refractivity contribution in [3.8, 4) is 11.5 Å². The normalized spacial score (nSPS) is 11.0. The van der Waals surface area contributed by atoms with Gasteiger partial charge in [0.2, 0.25) is 0 Å². The molecule has 0 aliphatic carbocycles. The Hall–Kier alpha value is -2.81. The Labute approximate surface area is 137 Å². The van der Waals surface area contributed by atoms with Crippen LogP contribution in [0, 0.1) is 5.82 Å². The van der Waals surface area contributed by atoms with Gasteiger partial charge in [0, 0.05) is 6.07 Å². The van der Waals surface area contributed by atoms with E-state index in [2.05, 4.69) is 4.72 Å². The van der Waals surface area contributed by atoms with E-state index in [-0.39, 0.29) is 17.0 Å². The molecule has 0 bridgehead atoms. The van der Waals surface area contributed by atoms with Crippen molar-refractivity contribution < 1.29 is 32.2 Å². The first-order chi connectivity index (χ1) is 11.3. The van der Waals surface area contributed by atoms with Crippen molar-refractivity contribution in [3.05, 3.63) is 47.8 Å². The lowest BCUT2D eigenvalue weighted by atomic mass is 10.2. The van der Waals surface area contributed by atoms with E-state index in [9.17, 15) is 17.6 Å². The summed E-state index contributed by atoms with van der Waals surface area (Å²) >= 11 is 0. The molecule has 0 aliphatic heterocycles. The highest BCUT2D eigenvalue weighted by molar-refractivity contribution is 7.92. The number of carbonyl (C=O) groups is 1. The summed E-state index contributed by atoms with van der Waals surface area (Å²) < 4.78 is 51.0. The lowest BCUT2D eigenvalue weighted by Gasteiger charge is -2.13. The van der Waals surface area contributed by atoms with Gasteiger partial charge in [0.05, 0.1) is 25.5 Å². The molecular weight excluding hydrogens is 341 g/mol. The number of rotatable bonds is 6. The number of carboxylic acids is 1. The molecule has 0 unspecified atom stereocenters. The van der Waals surface area contributed by atoms with Crippen molar-refractivity contribution in [2.24, 2.45) is 0 Å². The van der Waals surface area contributed by atoms with Crippen molar-refractivity contribution in [1.82, 2.24) is 0 Å². The Kier molecular flexibility index (Phi) is 4.93. The van der Waals surface area contributed by atoms with Crippen molar-refractivity contribution >= 4 is 21.7 Å². The minimum atomic E-state index is -4.38. The monoisotopic (exact) mass is 355 g/mol. The molecular formula is C15H14FNO6S. The first-order valence-electron chi connectivity index (χ1n) is 6.56. The van der Waals surface area contributed by atoms with E-state index in [1.165, 1.54) is 26.4 Å². The van der Waals surface area contributed by atoms with Crippen LogP contribution in [0.1, 0.15) is 10.4 Å². The summed E-state index contributed by atoms with van der Waals surface area (Å²) in [7, 11) is -1.64. The molecule has 0 spiro atoms.